The Hall–Kier alpha value is -0.240. The molecule has 2 saturated heterocycles. The van der Waals surface area contributed by atoms with Crippen molar-refractivity contribution in [1.82, 2.24) is 15.5 Å². The van der Waals surface area contributed by atoms with Crippen molar-refractivity contribution in [3.8, 4) is 0 Å². The van der Waals surface area contributed by atoms with Crippen LogP contribution in [0.25, 0.3) is 0 Å². The Balaban J connectivity index is 0.00000242. The van der Waals surface area contributed by atoms with Gasteiger partial charge in [-0.2, -0.15) is 13.2 Å². The number of halogens is 5. The summed E-state index contributed by atoms with van der Waals surface area (Å²) in [5.74, 6) is 0.114. The van der Waals surface area contributed by atoms with E-state index in [2.05, 4.69) is 10.6 Å². The second-order valence-corrected chi connectivity index (χ2v) is 6.18. The van der Waals surface area contributed by atoms with Gasteiger partial charge in [0, 0.05) is 13.1 Å². The van der Waals surface area contributed by atoms with Crippen LogP contribution in [0.4, 0.5) is 13.2 Å². The van der Waals surface area contributed by atoms with Gasteiger partial charge in [-0.25, -0.2) is 0 Å². The summed E-state index contributed by atoms with van der Waals surface area (Å²) < 4.78 is 37.0. The van der Waals surface area contributed by atoms with Crippen LogP contribution in [0.3, 0.4) is 0 Å². The van der Waals surface area contributed by atoms with E-state index in [-0.39, 0.29) is 36.6 Å². The van der Waals surface area contributed by atoms with E-state index in [1.165, 1.54) is 4.90 Å². The molecule has 0 aromatic rings. The minimum Gasteiger partial charge on any atom is -0.354 e. The Morgan fingerprint density at radius 3 is 2.61 bits per heavy atom. The zero-order chi connectivity index (χ0) is 15.5. The van der Waals surface area contributed by atoms with E-state index in [4.69, 9.17) is 0 Å². The monoisotopic (exact) mass is 379 g/mol. The van der Waals surface area contributed by atoms with E-state index in [0.29, 0.717) is 26.1 Å². The van der Waals surface area contributed by atoms with Gasteiger partial charge in [-0.05, 0) is 44.7 Å². The van der Waals surface area contributed by atoms with Gasteiger partial charge in [0.15, 0.2) is 0 Å². The molecule has 4 nitrogen and oxygen atoms in total. The summed E-state index contributed by atoms with van der Waals surface area (Å²) in [7, 11) is 0. The van der Waals surface area contributed by atoms with E-state index in [9.17, 15) is 18.0 Å². The van der Waals surface area contributed by atoms with Crippen LogP contribution < -0.4 is 10.6 Å². The first-order valence-corrected chi connectivity index (χ1v) is 7.67. The van der Waals surface area contributed by atoms with Crippen LogP contribution in [0.2, 0.25) is 0 Å². The molecule has 0 saturated carbocycles. The molecule has 23 heavy (non-hydrogen) atoms. The molecule has 0 spiro atoms. The third-order valence-corrected chi connectivity index (χ3v) is 4.61. The first-order chi connectivity index (χ1) is 9.85. The normalized spacial score (nSPS) is 28.1. The fourth-order valence-electron chi connectivity index (χ4n) is 3.35. The van der Waals surface area contributed by atoms with Gasteiger partial charge in [-0.1, -0.05) is 6.92 Å². The van der Waals surface area contributed by atoms with Gasteiger partial charge in [0.25, 0.3) is 0 Å². The summed E-state index contributed by atoms with van der Waals surface area (Å²) in [6, 6.07) is 0. The molecule has 2 fully saturated rings. The van der Waals surface area contributed by atoms with Crippen molar-refractivity contribution in [2.75, 3.05) is 32.7 Å². The van der Waals surface area contributed by atoms with Gasteiger partial charge in [-0.15, -0.1) is 24.8 Å². The maximum absolute atomic E-state index is 12.3. The minimum absolute atomic E-state index is 0. The quantitative estimate of drug-likeness (QED) is 0.770. The number of nitrogens with one attached hydrogen (secondary N) is 2. The van der Waals surface area contributed by atoms with Crippen LogP contribution in [-0.4, -0.2) is 55.2 Å². The highest BCUT2D eigenvalue weighted by molar-refractivity contribution is 5.86. The molecule has 2 N–H and O–H groups in total. The van der Waals surface area contributed by atoms with Crippen molar-refractivity contribution in [3.63, 3.8) is 0 Å². The van der Waals surface area contributed by atoms with Crippen molar-refractivity contribution >= 4 is 30.7 Å². The van der Waals surface area contributed by atoms with Gasteiger partial charge in [0.05, 0.1) is 12.1 Å². The molecule has 2 aliphatic heterocycles. The van der Waals surface area contributed by atoms with Crippen LogP contribution >= 0.6 is 24.8 Å². The molecule has 0 aromatic carbocycles. The molecule has 2 heterocycles. The summed E-state index contributed by atoms with van der Waals surface area (Å²) >= 11 is 0. The van der Waals surface area contributed by atoms with E-state index in [1.807, 2.05) is 6.92 Å². The molecule has 138 valence electrons. The SMILES string of the molecule is CCC1(C(=O)NCC2CCN(CC(F)(F)F)C2)CCCN1.Cl.Cl. The lowest BCUT2D eigenvalue weighted by Gasteiger charge is -2.27. The first kappa shape index (κ1) is 22.8. The van der Waals surface area contributed by atoms with E-state index in [0.717, 1.165) is 25.8 Å². The molecule has 0 aromatic heterocycles. The first-order valence-electron chi connectivity index (χ1n) is 7.67. The summed E-state index contributed by atoms with van der Waals surface area (Å²) in [4.78, 5) is 13.7. The van der Waals surface area contributed by atoms with Crippen LogP contribution in [0.5, 0.6) is 0 Å². The van der Waals surface area contributed by atoms with Crippen LogP contribution in [0, 0.1) is 5.92 Å². The van der Waals surface area contributed by atoms with E-state index in [1.54, 1.807) is 0 Å². The highest BCUT2D eigenvalue weighted by Crippen LogP contribution is 2.24. The Morgan fingerprint density at radius 2 is 2.09 bits per heavy atom. The summed E-state index contributed by atoms with van der Waals surface area (Å²) in [6.45, 7) is 3.32. The van der Waals surface area contributed by atoms with E-state index >= 15 is 0 Å². The van der Waals surface area contributed by atoms with Crippen LogP contribution in [-0.2, 0) is 4.79 Å². The molecular weight excluding hydrogens is 354 g/mol. The van der Waals surface area contributed by atoms with Crippen LogP contribution in [0.1, 0.15) is 32.6 Å². The maximum Gasteiger partial charge on any atom is 0.401 e. The number of amides is 1. The average Bonchev–Trinajstić information content (AvgIpc) is 3.03. The van der Waals surface area contributed by atoms with Crippen molar-refractivity contribution in [1.29, 1.82) is 0 Å². The van der Waals surface area contributed by atoms with Crippen molar-refractivity contribution in [2.24, 2.45) is 5.92 Å². The summed E-state index contributed by atoms with van der Waals surface area (Å²) in [6.07, 6.45) is -0.866. The predicted molar refractivity (Wildman–Crippen MR) is 88.4 cm³/mol. The van der Waals surface area contributed by atoms with Crippen molar-refractivity contribution in [3.05, 3.63) is 0 Å². The lowest BCUT2D eigenvalue weighted by Crippen LogP contribution is -2.53. The second-order valence-electron chi connectivity index (χ2n) is 6.18. The predicted octanol–water partition coefficient (Wildman–Crippen LogP) is 2.36. The molecule has 9 heteroatoms. The molecule has 0 radical (unpaired) electrons. The standard InChI is InChI=1S/C14H24F3N3O.2ClH/c1-2-13(5-3-6-19-13)12(21)18-8-11-4-7-20(9-11)10-14(15,16)17;;/h11,19H,2-10H2,1H3,(H,18,21);2*1H. The largest absolute Gasteiger partial charge is 0.401 e. The Labute approximate surface area is 147 Å². The highest BCUT2D eigenvalue weighted by atomic mass is 35.5. The molecule has 2 aliphatic rings. The van der Waals surface area contributed by atoms with Crippen molar-refractivity contribution in [2.45, 2.75) is 44.3 Å². The van der Waals surface area contributed by atoms with Gasteiger partial charge in [0.1, 0.15) is 0 Å². The Bertz CT molecular complexity index is 377. The lowest BCUT2D eigenvalue weighted by molar-refractivity contribution is -0.143. The topological polar surface area (TPSA) is 44.4 Å². The zero-order valence-corrected chi connectivity index (χ0v) is 14.9. The molecule has 2 unspecified atom stereocenters. The van der Waals surface area contributed by atoms with Crippen molar-refractivity contribution < 1.29 is 18.0 Å². The second kappa shape index (κ2) is 9.30. The number of rotatable bonds is 5. The Morgan fingerprint density at radius 1 is 1.39 bits per heavy atom. The number of hydrogen-bond acceptors (Lipinski definition) is 3. The summed E-state index contributed by atoms with van der Waals surface area (Å²) in [5.41, 5.74) is -0.468. The number of likely N-dealkylation sites (tertiary alicyclic amines) is 1. The maximum atomic E-state index is 12.3. The molecule has 1 amide bonds. The number of carbonyl (C=O) groups excluding carboxylic acids is 1. The smallest absolute Gasteiger partial charge is 0.354 e. The van der Waals surface area contributed by atoms with Gasteiger partial charge in [-0.3, -0.25) is 9.69 Å². The van der Waals surface area contributed by atoms with Gasteiger partial charge >= 0.3 is 6.18 Å². The fourth-order valence-corrected chi connectivity index (χ4v) is 3.35. The average molecular weight is 380 g/mol. The fraction of sp³-hybridized carbons (Fsp3) is 0.929. The van der Waals surface area contributed by atoms with Crippen LogP contribution in [0.15, 0.2) is 0 Å². The highest BCUT2D eigenvalue weighted by Gasteiger charge is 2.39. The lowest BCUT2D eigenvalue weighted by atomic mass is 9.93. The molecule has 2 rings (SSSR count). The zero-order valence-electron chi connectivity index (χ0n) is 13.2. The minimum atomic E-state index is -4.14. The molecule has 0 aliphatic carbocycles. The van der Waals surface area contributed by atoms with E-state index < -0.39 is 18.3 Å². The number of nitrogens with zero attached hydrogens (tertiary/aromatic N) is 1. The third kappa shape index (κ3) is 6.29. The molecular formula is C14H26Cl2F3N3O. The number of carbonyl (C=O) groups is 1. The van der Waals surface area contributed by atoms with Gasteiger partial charge < -0.3 is 10.6 Å². The van der Waals surface area contributed by atoms with Gasteiger partial charge in [0.2, 0.25) is 5.91 Å². The third-order valence-electron chi connectivity index (χ3n) is 4.61. The Kier molecular flexibility index (Phi) is 9.20. The molecule has 0 bridgehead atoms. The number of hydrogen-bond donors (Lipinski definition) is 2. The molecule has 2 atom stereocenters. The number of alkyl halides is 3. The summed E-state index contributed by atoms with van der Waals surface area (Å²) in [5, 5.41) is 6.20.